The molecule has 5 aromatic rings. The minimum atomic E-state index is -0.494. The van der Waals surface area contributed by atoms with Crippen molar-refractivity contribution in [3.05, 3.63) is 78.0 Å². The highest BCUT2D eigenvalue weighted by Gasteiger charge is 2.15. The molecular formula is C21H12ClN3O. The Balaban J connectivity index is 1.79. The van der Waals surface area contributed by atoms with Crippen molar-refractivity contribution in [2.45, 2.75) is 0 Å². The number of aromatic nitrogens is 3. The molecule has 0 radical (unpaired) electrons. The fourth-order valence-electron chi connectivity index (χ4n) is 2.87. The summed E-state index contributed by atoms with van der Waals surface area (Å²) < 4.78 is 46.0. The van der Waals surface area contributed by atoms with Crippen LogP contribution >= 0.6 is 11.6 Å². The van der Waals surface area contributed by atoms with E-state index in [1.807, 2.05) is 36.4 Å². The van der Waals surface area contributed by atoms with Crippen molar-refractivity contribution in [1.29, 1.82) is 0 Å². The van der Waals surface area contributed by atoms with Crippen molar-refractivity contribution < 1.29 is 11.3 Å². The first-order valence-corrected chi connectivity index (χ1v) is 8.14. The lowest BCUT2D eigenvalue weighted by atomic mass is 10.1. The van der Waals surface area contributed by atoms with Crippen LogP contribution in [0.3, 0.4) is 0 Å². The Morgan fingerprint density at radius 1 is 0.808 bits per heavy atom. The molecule has 0 N–H and O–H groups in total. The molecule has 0 saturated carbocycles. The van der Waals surface area contributed by atoms with Gasteiger partial charge >= 0.3 is 0 Å². The molecule has 0 amide bonds. The highest BCUT2D eigenvalue weighted by Crippen LogP contribution is 2.35. The van der Waals surface area contributed by atoms with Gasteiger partial charge in [-0.1, -0.05) is 60.5 Å². The van der Waals surface area contributed by atoms with E-state index in [0.29, 0.717) is 16.7 Å². The number of fused-ring (bicyclic) bond motifs is 3. The van der Waals surface area contributed by atoms with E-state index in [9.17, 15) is 0 Å². The van der Waals surface area contributed by atoms with E-state index >= 15 is 0 Å². The molecule has 5 heteroatoms. The SMILES string of the molecule is [2H]c1c([2H])c([2H])c(-c2nc(Cl)nc(-c3cccc4c3oc3ccccc34)n2)c([2H])c1[2H]. The lowest BCUT2D eigenvalue weighted by Crippen LogP contribution is -1.97. The molecule has 0 aliphatic rings. The third-order valence-electron chi connectivity index (χ3n) is 3.98. The van der Waals surface area contributed by atoms with Crippen LogP contribution in [-0.4, -0.2) is 15.0 Å². The zero-order valence-corrected chi connectivity index (χ0v) is 13.9. The molecule has 124 valence electrons. The van der Waals surface area contributed by atoms with Gasteiger partial charge in [0.1, 0.15) is 11.2 Å². The predicted molar refractivity (Wildman–Crippen MR) is 103 cm³/mol. The Kier molecular flexibility index (Phi) is 2.44. The molecule has 3 aromatic carbocycles. The number of furan rings is 1. The molecule has 0 atom stereocenters. The Labute approximate surface area is 161 Å². The van der Waals surface area contributed by atoms with Gasteiger partial charge in [0, 0.05) is 16.3 Å². The zero-order valence-electron chi connectivity index (χ0n) is 18.2. The van der Waals surface area contributed by atoms with Crippen LogP contribution in [0.15, 0.2) is 77.1 Å². The maximum absolute atomic E-state index is 8.19. The molecule has 4 nitrogen and oxygen atoms in total. The van der Waals surface area contributed by atoms with E-state index in [1.54, 1.807) is 6.07 Å². The molecule has 2 heterocycles. The normalized spacial score (nSPS) is 14.0. The number of para-hydroxylation sites is 2. The molecule has 2 aromatic heterocycles. The summed E-state index contributed by atoms with van der Waals surface area (Å²) in [5.41, 5.74) is 1.66. The minimum Gasteiger partial charge on any atom is -0.455 e. The van der Waals surface area contributed by atoms with Crippen LogP contribution in [0.2, 0.25) is 5.28 Å². The van der Waals surface area contributed by atoms with Gasteiger partial charge in [0.15, 0.2) is 11.6 Å². The van der Waals surface area contributed by atoms with E-state index in [-0.39, 0.29) is 22.5 Å². The monoisotopic (exact) mass is 362 g/mol. The summed E-state index contributed by atoms with van der Waals surface area (Å²) in [6.45, 7) is 0. The van der Waals surface area contributed by atoms with Crippen molar-refractivity contribution in [2.24, 2.45) is 0 Å². The van der Waals surface area contributed by atoms with Gasteiger partial charge in [-0.25, -0.2) is 4.98 Å². The second kappa shape index (κ2) is 5.93. The first-order chi connectivity index (χ1) is 14.9. The molecule has 0 fully saturated rings. The zero-order chi connectivity index (χ0) is 21.9. The largest absolute Gasteiger partial charge is 0.455 e. The Bertz CT molecular complexity index is 1490. The van der Waals surface area contributed by atoms with E-state index in [2.05, 4.69) is 15.0 Å². The van der Waals surface area contributed by atoms with Crippen molar-refractivity contribution in [2.75, 3.05) is 0 Å². The lowest BCUT2D eigenvalue weighted by Gasteiger charge is -2.05. The fourth-order valence-corrected chi connectivity index (χ4v) is 3.03. The molecule has 0 unspecified atom stereocenters. The Hall–Kier alpha value is -3.24. The van der Waals surface area contributed by atoms with Crippen LogP contribution in [0.25, 0.3) is 44.7 Å². The van der Waals surface area contributed by atoms with Gasteiger partial charge in [-0.15, -0.1) is 0 Å². The summed E-state index contributed by atoms with van der Waals surface area (Å²) in [7, 11) is 0. The van der Waals surface area contributed by atoms with Crippen LogP contribution in [-0.2, 0) is 0 Å². The van der Waals surface area contributed by atoms with Gasteiger partial charge in [0.05, 0.1) is 12.4 Å². The van der Waals surface area contributed by atoms with Gasteiger partial charge < -0.3 is 4.42 Å². The van der Waals surface area contributed by atoms with Crippen molar-refractivity contribution in [3.8, 4) is 22.8 Å². The number of rotatable bonds is 2. The van der Waals surface area contributed by atoms with Crippen molar-refractivity contribution in [1.82, 2.24) is 15.0 Å². The number of nitrogens with zero attached hydrogens (tertiary/aromatic N) is 3. The summed E-state index contributed by atoms with van der Waals surface area (Å²) in [6.07, 6.45) is 0. The molecular weight excluding hydrogens is 346 g/mol. The van der Waals surface area contributed by atoms with Crippen molar-refractivity contribution in [3.63, 3.8) is 0 Å². The maximum atomic E-state index is 8.19. The summed E-state index contributed by atoms with van der Waals surface area (Å²) >= 11 is 6.15. The maximum Gasteiger partial charge on any atom is 0.226 e. The smallest absolute Gasteiger partial charge is 0.226 e. The van der Waals surface area contributed by atoms with Gasteiger partial charge in [0.25, 0.3) is 0 Å². The predicted octanol–water partition coefficient (Wildman–Crippen LogP) is 5.76. The molecule has 26 heavy (non-hydrogen) atoms. The third-order valence-corrected chi connectivity index (χ3v) is 4.15. The lowest BCUT2D eigenvalue weighted by molar-refractivity contribution is 0.669. The molecule has 5 rings (SSSR count). The average molecular weight is 363 g/mol. The van der Waals surface area contributed by atoms with Crippen LogP contribution < -0.4 is 0 Å². The van der Waals surface area contributed by atoms with Gasteiger partial charge in [-0.2, -0.15) is 9.97 Å². The van der Waals surface area contributed by atoms with Crippen molar-refractivity contribution >= 4 is 33.5 Å². The van der Waals surface area contributed by atoms with Gasteiger partial charge in [-0.05, 0) is 23.7 Å². The highest BCUT2D eigenvalue weighted by molar-refractivity contribution is 6.28. The Morgan fingerprint density at radius 2 is 1.58 bits per heavy atom. The van der Waals surface area contributed by atoms with E-state index < -0.39 is 30.2 Å². The van der Waals surface area contributed by atoms with Crippen LogP contribution in [0.5, 0.6) is 0 Å². The second-order valence-corrected chi connectivity index (χ2v) is 5.87. The quantitative estimate of drug-likeness (QED) is 0.400. The van der Waals surface area contributed by atoms with Crippen LogP contribution in [0, 0.1) is 0 Å². The number of benzene rings is 3. The molecule has 0 bridgehead atoms. The molecule has 0 spiro atoms. The molecule has 0 saturated heterocycles. The van der Waals surface area contributed by atoms with Crippen LogP contribution in [0.4, 0.5) is 0 Å². The van der Waals surface area contributed by atoms with E-state index in [0.717, 1.165) is 10.8 Å². The first kappa shape index (κ1) is 10.7. The molecule has 0 aliphatic carbocycles. The molecule has 0 aliphatic heterocycles. The Morgan fingerprint density at radius 3 is 2.46 bits per heavy atom. The summed E-state index contributed by atoms with van der Waals surface area (Å²) in [5, 5.41) is 1.64. The summed E-state index contributed by atoms with van der Waals surface area (Å²) in [5.74, 6) is 0.0616. The third kappa shape index (κ3) is 2.43. The fraction of sp³-hybridized carbons (Fsp3) is 0. The summed E-state index contributed by atoms with van der Waals surface area (Å²) in [6, 6.07) is 10.8. The standard InChI is InChI=1S/C21H12ClN3O/c22-21-24-19(13-7-2-1-3-8-13)23-20(25-21)16-11-6-10-15-14-9-4-5-12-17(14)26-18(15)16/h1-12H/i1D,2D,3D,7D,8D. The highest BCUT2D eigenvalue weighted by atomic mass is 35.5. The first-order valence-electron chi connectivity index (χ1n) is 10.3. The second-order valence-electron chi connectivity index (χ2n) is 5.53. The number of hydrogen-bond acceptors (Lipinski definition) is 4. The number of hydrogen-bond donors (Lipinski definition) is 0. The van der Waals surface area contributed by atoms with E-state index in [1.165, 1.54) is 0 Å². The summed E-state index contributed by atoms with van der Waals surface area (Å²) in [4.78, 5) is 12.6. The minimum absolute atomic E-state index is 0.111. The van der Waals surface area contributed by atoms with Gasteiger partial charge in [0.2, 0.25) is 5.28 Å². The van der Waals surface area contributed by atoms with Crippen LogP contribution in [0.1, 0.15) is 6.85 Å². The number of halogens is 1. The van der Waals surface area contributed by atoms with Gasteiger partial charge in [-0.3, -0.25) is 0 Å². The average Bonchev–Trinajstić information content (AvgIpc) is 3.15. The topological polar surface area (TPSA) is 51.8 Å². The van der Waals surface area contributed by atoms with E-state index in [4.69, 9.17) is 22.9 Å².